The van der Waals surface area contributed by atoms with Crippen molar-refractivity contribution in [3.8, 4) is 22.7 Å². The largest absolute Gasteiger partial charge is 0.415 e. The molecule has 0 aliphatic heterocycles. The molecular weight excluding hydrogens is 378 g/mol. The van der Waals surface area contributed by atoms with Crippen LogP contribution in [-0.4, -0.2) is 30.2 Å². The number of hydrogen-bond donors (Lipinski definition) is 1. The molecule has 0 aliphatic carbocycles. The molecule has 0 radical (unpaired) electrons. The number of halogens is 2. The SMILES string of the molecule is FC(F)c1nnc(-c2ccc(Cn3cc(-c4cccc5[nH]ccc45)nn3)cc2)o1. The standard InChI is InChI=1S/C20H14F2N6O/c21-18(22)20-26-25-19(29-20)13-6-4-12(5-7-13)10-28-11-17(24-27-28)14-2-1-3-16-15(14)8-9-23-16/h1-9,11,18,23H,10H2. The van der Waals surface area contributed by atoms with Gasteiger partial charge in [0.15, 0.2) is 0 Å². The lowest BCUT2D eigenvalue weighted by atomic mass is 10.1. The van der Waals surface area contributed by atoms with Gasteiger partial charge in [-0.3, -0.25) is 0 Å². The Morgan fingerprint density at radius 3 is 2.66 bits per heavy atom. The second-order valence-electron chi connectivity index (χ2n) is 6.49. The average molecular weight is 392 g/mol. The fourth-order valence-corrected chi connectivity index (χ4v) is 3.19. The Labute approximate surface area is 163 Å². The molecule has 0 atom stereocenters. The molecule has 144 valence electrons. The number of aromatic nitrogens is 6. The molecule has 0 saturated heterocycles. The van der Waals surface area contributed by atoms with Gasteiger partial charge in [0.2, 0.25) is 5.89 Å². The van der Waals surface area contributed by atoms with E-state index in [1.54, 1.807) is 16.8 Å². The number of alkyl halides is 2. The fourth-order valence-electron chi connectivity index (χ4n) is 3.19. The molecule has 2 aromatic carbocycles. The van der Waals surface area contributed by atoms with Gasteiger partial charge in [-0.2, -0.15) is 8.78 Å². The summed E-state index contributed by atoms with van der Waals surface area (Å²) in [6.45, 7) is 0.516. The van der Waals surface area contributed by atoms with Crippen LogP contribution in [0.15, 0.2) is 65.3 Å². The van der Waals surface area contributed by atoms with Gasteiger partial charge < -0.3 is 9.40 Å². The number of nitrogens with zero attached hydrogens (tertiary/aromatic N) is 5. The van der Waals surface area contributed by atoms with Crippen LogP contribution in [0, 0.1) is 0 Å². The van der Waals surface area contributed by atoms with Crippen molar-refractivity contribution in [2.24, 2.45) is 0 Å². The maximum absolute atomic E-state index is 12.6. The van der Waals surface area contributed by atoms with Crippen LogP contribution >= 0.6 is 0 Å². The summed E-state index contributed by atoms with van der Waals surface area (Å²) in [5.74, 6) is -0.619. The molecular formula is C20H14F2N6O. The smallest absolute Gasteiger partial charge is 0.314 e. The molecule has 0 spiro atoms. The number of hydrogen-bond acceptors (Lipinski definition) is 5. The number of nitrogens with one attached hydrogen (secondary N) is 1. The van der Waals surface area contributed by atoms with E-state index in [0.717, 1.165) is 27.7 Å². The average Bonchev–Trinajstić information content (AvgIpc) is 3.48. The third kappa shape index (κ3) is 3.27. The van der Waals surface area contributed by atoms with Crippen LogP contribution in [0.4, 0.5) is 8.78 Å². The lowest BCUT2D eigenvalue weighted by Crippen LogP contribution is -2.00. The lowest BCUT2D eigenvalue weighted by Gasteiger charge is -2.02. The molecule has 3 aromatic heterocycles. The molecule has 5 rings (SSSR count). The minimum Gasteiger partial charge on any atom is -0.415 e. The van der Waals surface area contributed by atoms with Gasteiger partial charge in [0.05, 0.1) is 12.7 Å². The molecule has 0 bridgehead atoms. The van der Waals surface area contributed by atoms with Crippen molar-refractivity contribution in [1.82, 2.24) is 30.2 Å². The van der Waals surface area contributed by atoms with Crippen molar-refractivity contribution >= 4 is 10.9 Å². The number of benzene rings is 2. The minimum atomic E-state index is -2.78. The summed E-state index contributed by atoms with van der Waals surface area (Å²) in [5, 5.41) is 16.6. The van der Waals surface area contributed by atoms with Gasteiger partial charge >= 0.3 is 6.43 Å². The zero-order chi connectivity index (χ0) is 19.8. The first-order chi connectivity index (χ1) is 14.2. The van der Waals surface area contributed by atoms with E-state index in [4.69, 9.17) is 4.42 Å². The molecule has 0 unspecified atom stereocenters. The van der Waals surface area contributed by atoms with E-state index < -0.39 is 12.3 Å². The normalized spacial score (nSPS) is 11.6. The molecule has 1 N–H and O–H groups in total. The van der Waals surface area contributed by atoms with E-state index >= 15 is 0 Å². The Balaban J connectivity index is 1.35. The number of aromatic amines is 1. The van der Waals surface area contributed by atoms with Crippen molar-refractivity contribution in [2.45, 2.75) is 13.0 Å². The predicted molar refractivity (Wildman–Crippen MR) is 101 cm³/mol. The van der Waals surface area contributed by atoms with E-state index in [0.29, 0.717) is 12.1 Å². The fraction of sp³-hybridized carbons (Fsp3) is 0.100. The quantitative estimate of drug-likeness (QED) is 0.477. The predicted octanol–water partition coefficient (Wildman–Crippen LogP) is 4.46. The van der Waals surface area contributed by atoms with Crippen LogP contribution in [0.2, 0.25) is 0 Å². The van der Waals surface area contributed by atoms with Crippen LogP contribution in [0.25, 0.3) is 33.6 Å². The first-order valence-electron chi connectivity index (χ1n) is 8.85. The third-order valence-corrected chi connectivity index (χ3v) is 4.58. The molecule has 5 aromatic rings. The molecule has 29 heavy (non-hydrogen) atoms. The Kier molecular flexibility index (Phi) is 4.12. The number of rotatable bonds is 5. The van der Waals surface area contributed by atoms with E-state index in [1.807, 2.05) is 48.8 Å². The monoisotopic (exact) mass is 392 g/mol. The second-order valence-corrected chi connectivity index (χ2v) is 6.49. The molecule has 9 heteroatoms. The van der Waals surface area contributed by atoms with E-state index in [1.165, 1.54) is 0 Å². The number of H-pyrrole nitrogens is 1. The first-order valence-corrected chi connectivity index (χ1v) is 8.85. The van der Waals surface area contributed by atoms with Crippen LogP contribution in [0.1, 0.15) is 17.9 Å². The Morgan fingerprint density at radius 2 is 1.86 bits per heavy atom. The molecule has 0 amide bonds. The van der Waals surface area contributed by atoms with Gasteiger partial charge in [-0.15, -0.1) is 15.3 Å². The summed E-state index contributed by atoms with van der Waals surface area (Å²) in [5.41, 5.74) is 4.39. The van der Waals surface area contributed by atoms with Crippen molar-refractivity contribution < 1.29 is 13.2 Å². The van der Waals surface area contributed by atoms with Crippen LogP contribution < -0.4 is 0 Å². The van der Waals surface area contributed by atoms with Crippen molar-refractivity contribution in [2.75, 3.05) is 0 Å². The van der Waals surface area contributed by atoms with Gasteiger partial charge in [-0.05, 0) is 29.8 Å². The second kappa shape index (κ2) is 6.93. The molecule has 0 fully saturated rings. The molecule has 3 heterocycles. The summed E-state index contributed by atoms with van der Waals surface area (Å²) in [6.07, 6.45) is 1.00. The van der Waals surface area contributed by atoms with Crippen molar-refractivity contribution in [3.05, 3.63) is 72.4 Å². The van der Waals surface area contributed by atoms with E-state index in [-0.39, 0.29) is 5.89 Å². The summed E-state index contributed by atoms with van der Waals surface area (Å²) in [6, 6.07) is 15.2. The summed E-state index contributed by atoms with van der Waals surface area (Å²) in [4.78, 5) is 3.19. The maximum Gasteiger partial charge on any atom is 0.314 e. The number of fused-ring (bicyclic) bond motifs is 1. The zero-order valence-electron chi connectivity index (χ0n) is 15.0. The highest BCUT2D eigenvalue weighted by Gasteiger charge is 2.17. The third-order valence-electron chi connectivity index (χ3n) is 4.58. The van der Waals surface area contributed by atoms with Crippen LogP contribution in [-0.2, 0) is 6.54 Å². The van der Waals surface area contributed by atoms with Gasteiger partial charge in [0, 0.05) is 28.2 Å². The van der Waals surface area contributed by atoms with E-state index in [9.17, 15) is 8.78 Å². The van der Waals surface area contributed by atoms with Gasteiger partial charge in [0.1, 0.15) is 5.69 Å². The van der Waals surface area contributed by atoms with Crippen molar-refractivity contribution in [3.63, 3.8) is 0 Å². The molecule has 7 nitrogen and oxygen atoms in total. The maximum atomic E-state index is 12.6. The first kappa shape index (κ1) is 17.2. The highest BCUT2D eigenvalue weighted by molar-refractivity contribution is 5.93. The molecule has 0 saturated carbocycles. The minimum absolute atomic E-state index is 0.0643. The van der Waals surface area contributed by atoms with Gasteiger partial charge in [-0.25, -0.2) is 4.68 Å². The Bertz CT molecular complexity index is 1270. The topological polar surface area (TPSA) is 85.4 Å². The van der Waals surface area contributed by atoms with Gasteiger partial charge in [0.25, 0.3) is 5.89 Å². The summed E-state index contributed by atoms with van der Waals surface area (Å²) in [7, 11) is 0. The van der Waals surface area contributed by atoms with Gasteiger partial charge in [-0.1, -0.05) is 29.5 Å². The lowest BCUT2D eigenvalue weighted by molar-refractivity contribution is 0.116. The highest BCUT2D eigenvalue weighted by atomic mass is 19.3. The zero-order valence-corrected chi connectivity index (χ0v) is 15.0. The van der Waals surface area contributed by atoms with Crippen molar-refractivity contribution in [1.29, 1.82) is 0 Å². The van der Waals surface area contributed by atoms with Crippen LogP contribution in [0.3, 0.4) is 0 Å². The summed E-state index contributed by atoms with van der Waals surface area (Å²) < 4.78 is 31.9. The Hall–Kier alpha value is -3.88. The Morgan fingerprint density at radius 1 is 1.00 bits per heavy atom. The highest BCUT2D eigenvalue weighted by Crippen LogP contribution is 2.27. The van der Waals surface area contributed by atoms with E-state index in [2.05, 4.69) is 25.5 Å². The molecule has 0 aliphatic rings. The summed E-state index contributed by atoms with van der Waals surface area (Å²) >= 11 is 0. The van der Waals surface area contributed by atoms with Crippen LogP contribution in [0.5, 0.6) is 0 Å².